The Balaban J connectivity index is 3.30. The van der Waals surface area contributed by atoms with Crippen LogP contribution in [0.2, 0.25) is 0 Å². The summed E-state index contributed by atoms with van der Waals surface area (Å²) in [4.78, 5) is 41.3. The van der Waals surface area contributed by atoms with Crippen molar-refractivity contribution in [2.45, 2.75) is 111 Å². The number of hydrogen-bond acceptors (Lipinski definition) is 4. The van der Waals surface area contributed by atoms with Gasteiger partial charge in [-0.2, -0.15) is 0 Å². The fraction of sp³-hybridized carbons (Fsp3) is 0.633. The molecule has 0 fully saturated rings. The molecule has 0 aliphatic heterocycles. The largest absolute Gasteiger partial charge is 0.444 e. The van der Waals surface area contributed by atoms with E-state index < -0.39 is 23.8 Å². The molecule has 0 aromatic heterocycles. The van der Waals surface area contributed by atoms with Crippen molar-refractivity contribution < 1.29 is 19.1 Å². The number of amides is 3. The van der Waals surface area contributed by atoms with Crippen LogP contribution in [0.1, 0.15) is 110 Å². The van der Waals surface area contributed by atoms with E-state index in [2.05, 4.69) is 30.4 Å². The van der Waals surface area contributed by atoms with Crippen molar-refractivity contribution in [1.82, 2.24) is 15.5 Å². The maximum atomic E-state index is 13.8. The van der Waals surface area contributed by atoms with Crippen molar-refractivity contribution in [2.24, 2.45) is 0 Å². The molecule has 0 aliphatic rings. The first-order chi connectivity index (χ1) is 17.6. The summed E-state index contributed by atoms with van der Waals surface area (Å²) in [5.74, 6) is 2.02. The molecular formula is C30H47N3O4. The Morgan fingerprint density at radius 2 is 1.62 bits per heavy atom. The Hall–Kier alpha value is -3.01. The van der Waals surface area contributed by atoms with Gasteiger partial charge in [-0.15, -0.1) is 6.42 Å². The monoisotopic (exact) mass is 513 g/mol. The van der Waals surface area contributed by atoms with Gasteiger partial charge in [-0.1, -0.05) is 76.5 Å². The lowest BCUT2D eigenvalue weighted by atomic mass is 9.97. The van der Waals surface area contributed by atoms with Gasteiger partial charge in [0.2, 0.25) is 11.8 Å². The maximum Gasteiger partial charge on any atom is 0.408 e. The molecular weight excluding hydrogens is 466 g/mol. The van der Waals surface area contributed by atoms with Crippen molar-refractivity contribution in [3.63, 3.8) is 0 Å². The van der Waals surface area contributed by atoms with Crippen LogP contribution >= 0.6 is 0 Å². The van der Waals surface area contributed by atoms with Gasteiger partial charge < -0.3 is 20.3 Å². The first-order valence-corrected chi connectivity index (χ1v) is 13.7. The number of nitrogens with one attached hydrogen (secondary N) is 2. The zero-order valence-electron chi connectivity index (χ0n) is 23.7. The molecule has 3 amide bonds. The van der Waals surface area contributed by atoms with E-state index in [1.165, 1.54) is 6.42 Å². The molecule has 0 spiro atoms. The van der Waals surface area contributed by atoms with Gasteiger partial charge in [0.25, 0.3) is 0 Å². The summed E-state index contributed by atoms with van der Waals surface area (Å²) in [6, 6.07) is 5.41. The van der Waals surface area contributed by atoms with Crippen LogP contribution in [-0.2, 0) is 14.3 Å². The molecule has 1 rings (SSSR count). The number of carbonyl (C=O) groups excluding carboxylic acids is 3. The molecule has 0 aliphatic carbocycles. The van der Waals surface area contributed by atoms with Crippen LogP contribution in [-0.4, -0.2) is 47.5 Å². The highest BCUT2D eigenvalue weighted by Crippen LogP contribution is 2.26. The molecule has 0 bridgehead atoms. The first-order valence-electron chi connectivity index (χ1n) is 13.7. The highest BCUT2D eigenvalue weighted by atomic mass is 16.6. The summed E-state index contributed by atoms with van der Waals surface area (Å²) in [6.45, 7) is 12.0. The number of unbranched alkanes of at least 4 members (excludes halogenated alkanes) is 6. The normalized spacial score (nSPS) is 12.7. The van der Waals surface area contributed by atoms with Gasteiger partial charge in [-0.3, -0.25) is 9.59 Å². The van der Waals surface area contributed by atoms with E-state index in [1.54, 1.807) is 44.7 Å². The minimum absolute atomic E-state index is 0.278. The molecule has 206 valence electrons. The predicted octanol–water partition coefficient (Wildman–Crippen LogP) is 5.73. The first kappa shape index (κ1) is 32.0. The van der Waals surface area contributed by atoms with E-state index in [0.717, 1.165) is 44.9 Å². The average molecular weight is 514 g/mol. The third-order valence-corrected chi connectivity index (χ3v) is 5.94. The number of benzene rings is 1. The third kappa shape index (κ3) is 11.7. The van der Waals surface area contributed by atoms with Gasteiger partial charge in [-0.05, 0) is 52.2 Å². The number of nitrogens with zero attached hydrogens (tertiary/aromatic N) is 1. The van der Waals surface area contributed by atoms with Crippen LogP contribution in [0.25, 0.3) is 0 Å². The van der Waals surface area contributed by atoms with Gasteiger partial charge in [-0.25, -0.2) is 4.79 Å². The topological polar surface area (TPSA) is 87.7 Å². The maximum absolute atomic E-state index is 13.8. The molecule has 0 saturated carbocycles. The van der Waals surface area contributed by atoms with E-state index in [1.807, 2.05) is 12.1 Å². The van der Waals surface area contributed by atoms with Gasteiger partial charge >= 0.3 is 6.09 Å². The molecule has 37 heavy (non-hydrogen) atoms. The molecule has 2 unspecified atom stereocenters. The predicted molar refractivity (Wildman–Crippen MR) is 149 cm³/mol. The molecule has 0 saturated heterocycles. The van der Waals surface area contributed by atoms with E-state index in [0.29, 0.717) is 24.2 Å². The minimum atomic E-state index is -0.907. The summed E-state index contributed by atoms with van der Waals surface area (Å²) < 4.78 is 5.34. The Bertz CT molecular complexity index is 901. The lowest BCUT2D eigenvalue weighted by Gasteiger charge is -2.34. The fourth-order valence-electron chi connectivity index (χ4n) is 4.03. The van der Waals surface area contributed by atoms with Gasteiger partial charge in [0.15, 0.2) is 0 Å². The number of ether oxygens (including phenoxy) is 1. The van der Waals surface area contributed by atoms with Crippen molar-refractivity contribution in [3.8, 4) is 12.3 Å². The molecule has 2 N–H and O–H groups in total. The average Bonchev–Trinajstić information content (AvgIpc) is 2.83. The van der Waals surface area contributed by atoms with Crippen LogP contribution in [0, 0.1) is 12.3 Å². The van der Waals surface area contributed by atoms with Crippen LogP contribution in [0.3, 0.4) is 0 Å². The van der Waals surface area contributed by atoms with E-state index in [-0.39, 0.29) is 11.8 Å². The molecule has 1 aromatic rings. The fourth-order valence-corrected chi connectivity index (χ4v) is 4.03. The molecule has 1 aromatic carbocycles. The summed E-state index contributed by atoms with van der Waals surface area (Å²) in [5.41, 5.74) is 0.466. The van der Waals surface area contributed by atoms with E-state index in [9.17, 15) is 14.4 Å². The SMILES string of the molecule is C#Cc1ccccc1C(C(=O)NCCCC)N(CCCCCCCC)C(=O)C(C)NC(=O)OC(C)(C)C. The van der Waals surface area contributed by atoms with Crippen molar-refractivity contribution >= 4 is 17.9 Å². The number of alkyl carbamates (subject to hydrolysis) is 1. The number of hydrogen-bond donors (Lipinski definition) is 2. The minimum Gasteiger partial charge on any atom is -0.444 e. The zero-order chi connectivity index (χ0) is 27.8. The Kier molecular flexibility index (Phi) is 14.4. The lowest BCUT2D eigenvalue weighted by Crippen LogP contribution is -2.52. The second-order valence-corrected chi connectivity index (χ2v) is 10.4. The Morgan fingerprint density at radius 1 is 1.00 bits per heavy atom. The quantitative estimate of drug-likeness (QED) is 0.232. The van der Waals surface area contributed by atoms with Crippen LogP contribution in [0.15, 0.2) is 24.3 Å². The van der Waals surface area contributed by atoms with Gasteiger partial charge in [0.1, 0.15) is 17.7 Å². The summed E-state index contributed by atoms with van der Waals surface area (Å²) in [5, 5.41) is 5.62. The number of terminal acetylenes is 1. The zero-order valence-corrected chi connectivity index (χ0v) is 23.7. The number of carbonyl (C=O) groups is 3. The van der Waals surface area contributed by atoms with E-state index >= 15 is 0 Å². The molecule has 7 heteroatoms. The summed E-state index contributed by atoms with van der Waals surface area (Å²) in [7, 11) is 0. The van der Waals surface area contributed by atoms with Crippen molar-refractivity contribution in [1.29, 1.82) is 0 Å². The van der Waals surface area contributed by atoms with Gasteiger partial charge in [0, 0.05) is 18.7 Å². The van der Waals surface area contributed by atoms with Crippen LogP contribution in [0.4, 0.5) is 4.79 Å². The summed E-state index contributed by atoms with van der Waals surface area (Å²) in [6.07, 6.45) is 13.1. The Labute approximate surface area is 224 Å². The van der Waals surface area contributed by atoms with Gasteiger partial charge in [0.05, 0.1) is 0 Å². The second kappa shape index (κ2) is 16.7. The highest BCUT2D eigenvalue weighted by molar-refractivity contribution is 5.92. The smallest absolute Gasteiger partial charge is 0.408 e. The number of rotatable bonds is 15. The molecule has 0 heterocycles. The Morgan fingerprint density at radius 3 is 2.24 bits per heavy atom. The van der Waals surface area contributed by atoms with Crippen molar-refractivity contribution in [3.05, 3.63) is 35.4 Å². The second-order valence-electron chi connectivity index (χ2n) is 10.4. The summed E-state index contributed by atoms with van der Waals surface area (Å²) >= 11 is 0. The third-order valence-electron chi connectivity index (χ3n) is 5.94. The van der Waals surface area contributed by atoms with Crippen molar-refractivity contribution in [2.75, 3.05) is 13.1 Å². The standard InChI is InChI=1S/C30H47N3O4/c1-8-11-13-14-15-18-22-33(28(35)23(4)32-29(36)37-30(5,6)7)26(27(34)31-21-12-9-2)25-20-17-16-19-24(25)10-3/h3,16-17,19-20,23,26H,8-9,11-15,18,21-22H2,1-2,4-7H3,(H,31,34)(H,32,36). The molecule has 0 radical (unpaired) electrons. The lowest BCUT2D eigenvalue weighted by molar-refractivity contribution is -0.142. The molecule has 7 nitrogen and oxygen atoms in total. The van der Waals surface area contributed by atoms with E-state index in [4.69, 9.17) is 11.2 Å². The highest BCUT2D eigenvalue weighted by Gasteiger charge is 2.35. The van der Waals surface area contributed by atoms with Crippen LogP contribution < -0.4 is 10.6 Å². The molecule has 2 atom stereocenters. The van der Waals surface area contributed by atoms with Crippen LogP contribution in [0.5, 0.6) is 0 Å².